The van der Waals surface area contributed by atoms with Gasteiger partial charge in [0.1, 0.15) is 5.75 Å². The highest BCUT2D eigenvalue weighted by Gasteiger charge is 2.22. The van der Waals surface area contributed by atoms with Gasteiger partial charge >= 0.3 is 0 Å². The summed E-state index contributed by atoms with van der Waals surface area (Å²) in [5.41, 5.74) is 1.05. The summed E-state index contributed by atoms with van der Waals surface area (Å²) in [6.07, 6.45) is 0.187. The first-order chi connectivity index (χ1) is 12.5. The molecule has 0 spiro atoms. The number of rotatable bonds is 8. The van der Waals surface area contributed by atoms with Gasteiger partial charge in [-0.3, -0.25) is 4.79 Å². The standard InChI is InChI=1S/C20H24O6/c1-12(13-7-6-8-16(23-2)20(13)22)9-15(21)14-10-18(25-4)19(26-5)11-17(14)24-3/h6-8,10-12,22H,9H2,1-5H3. The summed E-state index contributed by atoms with van der Waals surface area (Å²) in [5, 5.41) is 10.3. The van der Waals surface area contributed by atoms with Gasteiger partial charge in [-0.15, -0.1) is 0 Å². The molecule has 0 aliphatic heterocycles. The van der Waals surface area contributed by atoms with Crippen LogP contribution < -0.4 is 18.9 Å². The van der Waals surface area contributed by atoms with Crippen LogP contribution >= 0.6 is 0 Å². The second-order valence-corrected chi connectivity index (χ2v) is 5.83. The zero-order chi connectivity index (χ0) is 19.3. The minimum absolute atomic E-state index is 0.0505. The number of ether oxygens (including phenoxy) is 4. The van der Waals surface area contributed by atoms with Gasteiger partial charge in [-0.2, -0.15) is 0 Å². The molecule has 26 heavy (non-hydrogen) atoms. The smallest absolute Gasteiger partial charge is 0.167 e. The molecule has 0 bridgehead atoms. The van der Waals surface area contributed by atoms with E-state index in [1.54, 1.807) is 30.3 Å². The van der Waals surface area contributed by atoms with E-state index >= 15 is 0 Å². The Balaban J connectivity index is 2.32. The topological polar surface area (TPSA) is 74.2 Å². The maximum atomic E-state index is 12.9. The van der Waals surface area contributed by atoms with Gasteiger partial charge in [0.2, 0.25) is 0 Å². The quantitative estimate of drug-likeness (QED) is 0.722. The Morgan fingerprint density at radius 1 is 0.923 bits per heavy atom. The van der Waals surface area contributed by atoms with E-state index in [1.807, 2.05) is 6.92 Å². The minimum atomic E-state index is -0.213. The lowest BCUT2D eigenvalue weighted by molar-refractivity contribution is 0.0972. The number of aromatic hydroxyl groups is 1. The van der Waals surface area contributed by atoms with E-state index in [-0.39, 0.29) is 23.9 Å². The first-order valence-corrected chi connectivity index (χ1v) is 8.15. The fraction of sp³-hybridized carbons (Fsp3) is 0.350. The number of phenolic OH excluding ortho intramolecular Hbond substituents is 1. The second-order valence-electron chi connectivity index (χ2n) is 5.83. The Morgan fingerprint density at radius 2 is 1.50 bits per heavy atom. The van der Waals surface area contributed by atoms with E-state index in [0.29, 0.717) is 34.1 Å². The first kappa shape index (κ1) is 19.4. The second kappa shape index (κ2) is 8.47. The van der Waals surface area contributed by atoms with Crippen molar-refractivity contribution in [2.45, 2.75) is 19.3 Å². The highest BCUT2D eigenvalue weighted by molar-refractivity contribution is 6.00. The monoisotopic (exact) mass is 360 g/mol. The lowest BCUT2D eigenvalue weighted by Crippen LogP contribution is -2.08. The van der Waals surface area contributed by atoms with Gasteiger partial charge in [0.15, 0.2) is 28.8 Å². The molecule has 6 nitrogen and oxygen atoms in total. The van der Waals surface area contributed by atoms with Gasteiger partial charge in [0, 0.05) is 18.1 Å². The molecule has 1 atom stereocenters. The van der Waals surface area contributed by atoms with Crippen molar-refractivity contribution in [2.75, 3.05) is 28.4 Å². The fourth-order valence-corrected chi connectivity index (χ4v) is 2.85. The maximum Gasteiger partial charge on any atom is 0.167 e. The van der Waals surface area contributed by atoms with Crippen molar-refractivity contribution in [1.82, 2.24) is 0 Å². The molecule has 140 valence electrons. The number of para-hydroxylation sites is 1. The summed E-state index contributed by atoms with van der Waals surface area (Å²) < 4.78 is 21.0. The Morgan fingerprint density at radius 3 is 2.08 bits per heavy atom. The molecule has 0 aliphatic rings. The highest BCUT2D eigenvalue weighted by Crippen LogP contribution is 2.38. The molecule has 1 unspecified atom stereocenters. The van der Waals surface area contributed by atoms with Crippen molar-refractivity contribution in [2.24, 2.45) is 0 Å². The van der Waals surface area contributed by atoms with Crippen LogP contribution in [0, 0.1) is 0 Å². The van der Waals surface area contributed by atoms with Crippen LogP contribution in [-0.2, 0) is 0 Å². The molecular formula is C20H24O6. The van der Waals surface area contributed by atoms with Crippen LogP contribution in [0.2, 0.25) is 0 Å². The van der Waals surface area contributed by atoms with E-state index in [0.717, 1.165) is 0 Å². The van der Waals surface area contributed by atoms with Crippen molar-refractivity contribution >= 4 is 5.78 Å². The Kier molecular flexibility index (Phi) is 6.33. The number of hydrogen-bond donors (Lipinski definition) is 1. The van der Waals surface area contributed by atoms with Crippen molar-refractivity contribution in [3.8, 4) is 28.7 Å². The first-order valence-electron chi connectivity index (χ1n) is 8.15. The summed E-state index contributed by atoms with van der Waals surface area (Å²) >= 11 is 0. The molecule has 0 saturated carbocycles. The van der Waals surface area contributed by atoms with Crippen molar-refractivity contribution < 1.29 is 28.8 Å². The molecule has 0 amide bonds. The number of phenols is 1. The Hall–Kier alpha value is -2.89. The summed E-state index contributed by atoms with van der Waals surface area (Å²) in [6, 6.07) is 8.47. The summed E-state index contributed by atoms with van der Waals surface area (Å²) in [5.74, 6) is 1.44. The van der Waals surface area contributed by atoms with E-state index in [2.05, 4.69) is 0 Å². The molecule has 0 radical (unpaired) electrons. The third-order valence-corrected chi connectivity index (χ3v) is 4.28. The predicted octanol–water partition coefficient (Wildman–Crippen LogP) is 3.80. The van der Waals surface area contributed by atoms with Gasteiger partial charge in [-0.25, -0.2) is 0 Å². The third kappa shape index (κ3) is 3.85. The molecule has 1 N–H and O–H groups in total. The zero-order valence-electron chi connectivity index (χ0n) is 15.7. The van der Waals surface area contributed by atoms with Gasteiger partial charge in [-0.05, 0) is 18.1 Å². The lowest BCUT2D eigenvalue weighted by atomic mass is 9.92. The molecule has 0 saturated heterocycles. The third-order valence-electron chi connectivity index (χ3n) is 4.28. The predicted molar refractivity (Wildman–Crippen MR) is 98.1 cm³/mol. The molecular weight excluding hydrogens is 336 g/mol. The molecule has 0 heterocycles. The summed E-state index contributed by atoms with van der Waals surface area (Å²) in [7, 11) is 6.01. The van der Waals surface area contributed by atoms with Crippen LogP contribution in [0.15, 0.2) is 30.3 Å². The lowest BCUT2D eigenvalue weighted by Gasteiger charge is -2.17. The van der Waals surface area contributed by atoms with Gasteiger partial charge in [0.05, 0.1) is 34.0 Å². The number of carbonyl (C=O) groups is 1. The Bertz CT molecular complexity index is 784. The van der Waals surface area contributed by atoms with Crippen molar-refractivity contribution in [1.29, 1.82) is 0 Å². The van der Waals surface area contributed by atoms with Crippen LogP contribution in [0.5, 0.6) is 28.7 Å². The van der Waals surface area contributed by atoms with Crippen LogP contribution in [0.25, 0.3) is 0 Å². The van der Waals surface area contributed by atoms with Gasteiger partial charge in [-0.1, -0.05) is 19.1 Å². The van der Waals surface area contributed by atoms with Crippen LogP contribution in [0.4, 0.5) is 0 Å². The highest BCUT2D eigenvalue weighted by atomic mass is 16.5. The maximum absolute atomic E-state index is 12.9. The van der Waals surface area contributed by atoms with E-state index in [9.17, 15) is 9.90 Å². The normalized spacial score (nSPS) is 11.6. The van der Waals surface area contributed by atoms with E-state index < -0.39 is 0 Å². The largest absolute Gasteiger partial charge is 0.504 e. The summed E-state index contributed by atoms with van der Waals surface area (Å²) in [4.78, 5) is 12.9. The number of benzene rings is 2. The number of methoxy groups -OCH3 is 4. The van der Waals surface area contributed by atoms with E-state index in [1.165, 1.54) is 28.4 Å². The van der Waals surface area contributed by atoms with Gasteiger partial charge < -0.3 is 24.1 Å². The molecule has 2 aromatic rings. The molecule has 0 aliphatic carbocycles. The SMILES string of the molecule is COc1cc(OC)c(C(=O)CC(C)c2cccc(OC)c2O)cc1OC. The van der Waals surface area contributed by atoms with Gasteiger partial charge in [0.25, 0.3) is 0 Å². The van der Waals surface area contributed by atoms with Crippen LogP contribution in [-0.4, -0.2) is 39.3 Å². The summed E-state index contributed by atoms with van der Waals surface area (Å²) in [6.45, 7) is 1.87. The average Bonchev–Trinajstić information content (AvgIpc) is 2.66. The van der Waals surface area contributed by atoms with Crippen molar-refractivity contribution in [3.63, 3.8) is 0 Å². The number of carbonyl (C=O) groups excluding carboxylic acids is 1. The van der Waals surface area contributed by atoms with E-state index in [4.69, 9.17) is 18.9 Å². The zero-order valence-corrected chi connectivity index (χ0v) is 15.7. The van der Waals surface area contributed by atoms with Crippen LogP contribution in [0.1, 0.15) is 35.2 Å². The molecule has 6 heteroatoms. The van der Waals surface area contributed by atoms with Crippen LogP contribution in [0.3, 0.4) is 0 Å². The Labute approximate surface area is 153 Å². The number of ketones is 1. The average molecular weight is 360 g/mol. The minimum Gasteiger partial charge on any atom is -0.504 e. The molecule has 2 aromatic carbocycles. The molecule has 0 fully saturated rings. The van der Waals surface area contributed by atoms with Crippen molar-refractivity contribution in [3.05, 3.63) is 41.5 Å². The molecule has 2 rings (SSSR count). The number of hydrogen-bond acceptors (Lipinski definition) is 6. The fourth-order valence-electron chi connectivity index (χ4n) is 2.85. The number of Topliss-reactive ketones (excluding diaryl/α,β-unsaturated/α-hetero) is 1. The molecule has 0 aromatic heterocycles.